The van der Waals surface area contributed by atoms with E-state index in [9.17, 15) is 9.59 Å². The van der Waals surface area contributed by atoms with Crippen molar-refractivity contribution in [3.63, 3.8) is 0 Å². The lowest BCUT2D eigenvalue weighted by Gasteiger charge is -2.08. The fourth-order valence-electron chi connectivity index (χ4n) is 2.87. The molecule has 0 aliphatic heterocycles. The van der Waals surface area contributed by atoms with Gasteiger partial charge in [-0.05, 0) is 30.4 Å². The maximum absolute atomic E-state index is 12.6. The highest BCUT2D eigenvalue weighted by Crippen LogP contribution is 2.41. The number of carbonyl (C=O) groups is 2. The molecule has 4 rings (SSSR count). The first-order valence-corrected chi connectivity index (χ1v) is 12.1. The molecule has 0 spiro atoms. The molecule has 2 heterocycles. The monoisotopic (exact) mass is 491 g/mol. The van der Waals surface area contributed by atoms with Gasteiger partial charge in [-0.3, -0.25) is 14.2 Å². The molecule has 0 saturated heterocycles. The van der Waals surface area contributed by atoms with E-state index in [-0.39, 0.29) is 17.4 Å². The number of thioether (sulfide) groups is 1. The number of para-hydroxylation sites is 1. The summed E-state index contributed by atoms with van der Waals surface area (Å²) in [6.45, 7) is 0. The average Bonchev–Trinajstić information content (AvgIpc) is 3.23. The van der Waals surface area contributed by atoms with E-state index >= 15 is 0 Å². The SMILES string of the molecule is NC(=O)c1c(NC(=O)CSc2sc3ccccc3c2Cl)sc(=S)n1-c1ccccc1. The van der Waals surface area contributed by atoms with Crippen LogP contribution in [0.15, 0.2) is 58.8 Å². The van der Waals surface area contributed by atoms with E-state index in [1.807, 2.05) is 54.6 Å². The number of fused-ring (bicyclic) bond motifs is 1. The lowest BCUT2D eigenvalue weighted by molar-refractivity contribution is -0.113. The van der Waals surface area contributed by atoms with E-state index < -0.39 is 5.91 Å². The Labute approximate surface area is 194 Å². The summed E-state index contributed by atoms with van der Waals surface area (Å²) >= 11 is 15.9. The Hall–Kier alpha value is -2.17. The van der Waals surface area contributed by atoms with Gasteiger partial charge in [-0.1, -0.05) is 59.3 Å². The zero-order valence-electron chi connectivity index (χ0n) is 15.3. The largest absolute Gasteiger partial charge is 0.364 e. The number of thiophene rings is 1. The third kappa shape index (κ3) is 4.17. The third-order valence-electron chi connectivity index (χ3n) is 4.15. The van der Waals surface area contributed by atoms with Crippen LogP contribution in [0.1, 0.15) is 10.5 Å². The second-order valence-electron chi connectivity index (χ2n) is 6.12. The number of benzene rings is 2. The van der Waals surface area contributed by atoms with Crippen LogP contribution in [0.25, 0.3) is 15.8 Å². The topological polar surface area (TPSA) is 77.1 Å². The van der Waals surface area contributed by atoms with Crippen LogP contribution in [-0.2, 0) is 4.79 Å². The highest BCUT2D eigenvalue weighted by Gasteiger charge is 2.21. The molecule has 30 heavy (non-hydrogen) atoms. The summed E-state index contributed by atoms with van der Waals surface area (Å²) in [5, 5.41) is 4.74. The second kappa shape index (κ2) is 8.91. The van der Waals surface area contributed by atoms with Crippen molar-refractivity contribution in [3.8, 4) is 5.69 Å². The number of hydrogen-bond donors (Lipinski definition) is 2. The van der Waals surface area contributed by atoms with Gasteiger partial charge in [0.2, 0.25) is 5.91 Å². The number of rotatable bonds is 6. The van der Waals surface area contributed by atoms with Gasteiger partial charge < -0.3 is 11.1 Å². The molecule has 0 fully saturated rings. The van der Waals surface area contributed by atoms with Gasteiger partial charge >= 0.3 is 0 Å². The van der Waals surface area contributed by atoms with E-state index in [1.165, 1.54) is 11.8 Å². The first-order chi connectivity index (χ1) is 14.5. The van der Waals surface area contributed by atoms with Gasteiger partial charge in [0.1, 0.15) is 10.7 Å². The molecule has 2 amide bonds. The van der Waals surface area contributed by atoms with Gasteiger partial charge in [-0.25, -0.2) is 0 Å². The Morgan fingerprint density at radius 2 is 1.80 bits per heavy atom. The van der Waals surface area contributed by atoms with Crippen LogP contribution in [0.5, 0.6) is 0 Å². The van der Waals surface area contributed by atoms with Crippen LogP contribution < -0.4 is 11.1 Å². The molecule has 5 nitrogen and oxygen atoms in total. The summed E-state index contributed by atoms with van der Waals surface area (Å²) < 4.78 is 3.94. The van der Waals surface area contributed by atoms with Crippen LogP contribution in [0.2, 0.25) is 5.02 Å². The van der Waals surface area contributed by atoms with Crippen molar-refractivity contribution in [1.29, 1.82) is 0 Å². The predicted octanol–water partition coefficient (Wildman–Crippen LogP) is 5.97. The number of anilines is 1. The van der Waals surface area contributed by atoms with Crippen molar-refractivity contribution in [2.45, 2.75) is 4.21 Å². The minimum Gasteiger partial charge on any atom is -0.364 e. The van der Waals surface area contributed by atoms with Gasteiger partial charge in [0.15, 0.2) is 3.95 Å². The Morgan fingerprint density at radius 1 is 1.10 bits per heavy atom. The minimum absolute atomic E-state index is 0.140. The molecule has 0 atom stereocenters. The molecule has 2 aromatic heterocycles. The fraction of sp³-hybridized carbons (Fsp3) is 0.0500. The van der Waals surface area contributed by atoms with Crippen molar-refractivity contribution in [3.05, 3.63) is 69.3 Å². The maximum Gasteiger partial charge on any atom is 0.268 e. The number of carbonyl (C=O) groups excluding carboxylic acids is 2. The van der Waals surface area contributed by atoms with Crippen molar-refractivity contribution >= 4 is 85.2 Å². The number of nitrogens with zero attached hydrogens (tertiary/aromatic N) is 1. The highest BCUT2D eigenvalue weighted by molar-refractivity contribution is 8.02. The number of thiazole rings is 1. The van der Waals surface area contributed by atoms with E-state index in [4.69, 9.17) is 29.6 Å². The Balaban J connectivity index is 1.55. The molecule has 0 radical (unpaired) electrons. The first kappa shape index (κ1) is 21.1. The standard InChI is InChI=1S/C20H14ClN3O2S4/c21-15-12-8-4-5-9-13(12)29-19(15)28-10-14(25)23-18-16(17(22)26)24(20(27)30-18)11-6-2-1-3-7-11/h1-9H,10H2,(H2,22,26)(H,23,25). The first-order valence-electron chi connectivity index (χ1n) is 8.66. The average molecular weight is 492 g/mol. The Morgan fingerprint density at radius 3 is 2.50 bits per heavy atom. The van der Waals surface area contributed by atoms with Crippen LogP contribution in [0, 0.1) is 3.95 Å². The van der Waals surface area contributed by atoms with Crippen molar-refractivity contribution in [2.75, 3.05) is 11.1 Å². The number of aromatic nitrogens is 1. The molecule has 0 unspecified atom stereocenters. The minimum atomic E-state index is -0.665. The fourth-order valence-corrected chi connectivity index (χ4v) is 6.81. The van der Waals surface area contributed by atoms with E-state index in [0.29, 0.717) is 19.7 Å². The summed E-state index contributed by atoms with van der Waals surface area (Å²) in [6, 6.07) is 17.0. The molecular formula is C20H14ClN3O2S4. The Bertz CT molecular complexity index is 1310. The van der Waals surface area contributed by atoms with Crippen molar-refractivity contribution < 1.29 is 9.59 Å². The van der Waals surface area contributed by atoms with E-state index in [1.54, 1.807) is 15.9 Å². The second-order valence-corrected chi connectivity index (χ2v) is 10.4. The van der Waals surface area contributed by atoms with Crippen LogP contribution >= 0.6 is 58.3 Å². The molecule has 0 bridgehead atoms. The zero-order valence-corrected chi connectivity index (χ0v) is 19.3. The summed E-state index contributed by atoms with van der Waals surface area (Å²) in [4.78, 5) is 24.7. The summed E-state index contributed by atoms with van der Waals surface area (Å²) in [7, 11) is 0. The number of primary amides is 1. The van der Waals surface area contributed by atoms with E-state index in [2.05, 4.69) is 5.32 Å². The van der Waals surface area contributed by atoms with Crippen molar-refractivity contribution in [2.24, 2.45) is 5.73 Å². The lowest BCUT2D eigenvalue weighted by atomic mass is 10.3. The van der Waals surface area contributed by atoms with Crippen LogP contribution in [-0.4, -0.2) is 22.1 Å². The number of amides is 2. The van der Waals surface area contributed by atoms with Gasteiger partial charge in [-0.2, -0.15) is 0 Å². The maximum atomic E-state index is 12.6. The van der Waals surface area contributed by atoms with Gasteiger partial charge in [0, 0.05) is 15.8 Å². The quantitative estimate of drug-likeness (QED) is 0.257. The number of hydrogen-bond acceptors (Lipinski definition) is 6. The molecule has 3 N–H and O–H groups in total. The predicted molar refractivity (Wildman–Crippen MR) is 129 cm³/mol. The van der Waals surface area contributed by atoms with Gasteiger partial charge in [0.05, 0.1) is 15.0 Å². The molecular weight excluding hydrogens is 478 g/mol. The zero-order chi connectivity index (χ0) is 21.3. The Kier molecular flexibility index (Phi) is 6.26. The molecule has 10 heteroatoms. The molecule has 0 aliphatic carbocycles. The third-order valence-corrected chi connectivity index (χ3v) is 8.50. The van der Waals surface area contributed by atoms with Crippen molar-refractivity contribution in [1.82, 2.24) is 4.57 Å². The van der Waals surface area contributed by atoms with Crippen LogP contribution in [0.3, 0.4) is 0 Å². The molecule has 2 aromatic carbocycles. The lowest BCUT2D eigenvalue weighted by Crippen LogP contribution is -2.21. The molecule has 0 saturated carbocycles. The number of nitrogens with two attached hydrogens (primary N) is 1. The summed E-state index contributed by atoms with van der Waals surface area (Å²) in [5.74, 6) is -0.796. The van der Waals surface area contributed by atoms with Crippen LogP contribution in [0.4, 0.5) is 5.00 Å². The normalized spacial score (nSPS) is 11.0. The summed E-state index contributed by atoms with van der Waals surface area (Å²) in [5.41, 5.74) is 6.47. The number of nitrogens with one attached hydrogen (secondary N) is 1. The highest BCUT2D eigenvalue weighted by atomic mass is 35.5. The molecule has 152 valence electrons. The molecule has 4 aromatic rings. The molecule has 0 aliphatic rings. The smallest absolute Gasteiger partial charge is 0.268 e. The van der Waals surface area contributed by atoms with E-state index in [0.717, 1.165) is 25.6 Å². The van der Waals surface area contributed by atoms with Gasteiger partial charge in [0.25, 0.3) is 5.91 Å². The van der Waals surface area contributed by atoms with Gasteiger partial charge in [-0.15, -0.1) is 23.1 Å². The number of halogens is 1. The summed E-state index contributed by atoms with van der Waals surface area (Å²) in [6.07, 6.45) is 0.